The number of rotatable bonds is 4. The van der Waals surface area contributed by atoms with E-state index in [1.165, 1.54) is 0 Å². The molecule has 0 saturated carbocycles. The van der Waals surface area contributed by atoms with Crippen LogP contribution in [0.25, 0.3) is 0 Å². The topological polar surface area (TPSA) is 54.0 Å². The molecule has 0 bridgehead atoms. The molecular weight excluding hydrogens is 272 g/mol. The third kappa shape index (κ3) is 2.51. The predicted octanol–water partition coefficient (Wildman–Crippen LogP) is 2.04. The van der Waals surface area contributed by atoms with Crippen molar-refractivity contribution in [3.63, 3.8) is 0 Å². The van der Waals surface area contributed by atoms with Crippen molar-refractivity contribution >= 4 is 6.29 Å². The van der Waals surface area contributed by atoms with Gasteiger partial charge < -0.3 is 18.9 Å². The number of benzene rings is 1. The number of ether oxygens (including phenoxy) is 4. The fourth-order valence-electron chi connectivity index (χ4n) is 2.85. The fourth-order valence-corrected chi connectivity index (χ4v) is 2.85. The van der Waals surface area contributed by atoms with E-state index in [-0.39, 0.29) is 0 Å². The molecule has 2 saturated heterocycles. The molecule has 0 radical (unpaired) electrons. The Kier molecular flexibility index (Phi) is 3.61. The molecule has 114 valence electrons. The molecule has 1 aromatic rings. The normalized spacial score (nSPS) is 37.4. The molecule has 1 aromatic carbocycles. The van der Waals surface area contributed by atoms with Gasteiger partial charge in [0.1, 0.15) is 0 Å². The van der Waals surface area contributed by atoms with Crippen molar-refractivity contribution in [1.29, 1.82) is 0 Å². The first-order chi connectivity index (χ1) is 9.97. The summed E-state index contributed by atoms with van der Waals surface area (Å²) in [6, 6.07) is 9.70. The van der Waals surface area contributed by atoms with Gasteiger partial charge in [-0.2, -0.15) is 0 Å². The Hall–Kier alpha value is -1.27. The lowest BCUT2D eigenvalue weighted by Crippen LogP contribution is -2.51. The Balaban J connectivity index is 1.80. The van der Waals surface area contributed by atoms with Gasteiger partial charge in [-0.3, -0.25) is 4.79 Å². The summed E-state index contributed by atoms with van der Waals surface area (Å²) in [7, 11) is 0. The third-order valence-corrected chi connectivity index (χ3v) is 3.99. The van der Waals surface area contributed by atoms with Crippen LogP contribution in [0.15, 0.2) is 30.3 Å². The Bertz CT molecular complexity index is 515. The minimum atomic E-state index is -1.14. The first kappa shape index (κ1) is 14.7. The van der Waals surface area contributed by atoms with Gasteiger partial charge in [0.05, 0.1) is 12.7 Å². The monoisotopic (exact) mass is 292 g/mol. The summed E-state index contributed by atoms with van der Waals surface area (Å²) in [6.07, 6.45) is -0.764. The number of fused-ring (bicyclic) bond motifs is 1. The van der Waals surface area contributed by atoms with Gasteiger partial charge in [-0.1, -0.05) is 30.3 Å². The molecule has 3 rings (SSSR count). The van der Waals surface area contributed by atoms with E-state index in [0.29, 0.717) is 6.61 Å². The molecular formula is C16H20O5. The van der Waals surface area contributed by atoms with Crippen molar-refractivity contribution in [3.05, 3.63) is 35.9 Å². The minimum absolute atomic E-state index is 0.320. The van der Waals surface area contributed by atoms with Crippen molar-refractivity contribution in [2.45, 2.75) is 57.3 Å². The van der Waals surface area contributed by atoms with Crippen LogP contribution in [0.2, 0.25) is 0 Å². The van der Waals surface area contributed by atoms with Gasteiger partial charge in [0.2, 0.25) is 0 Å². The van der Waals surface area contributed by atoms with Gasteiger partial charge in [0, 0.05) is 0 Å². The molecule has 0 N–H and O–H groups in total. The molecule has 2 aliphatic heterocycles. The van der Waals surface area contributed by atoms with E-state index >= 15 is 0 Å². The molecule has 2 aliphatic rings. The number of carbonyl (C=O) groups is 1. The van der Waals surface area contributed by atoms with Gasteiger partial charge >= 0.3 is 0 Å². The van der Waals surface area contributed by atoms with Gasteiger partial charge in [0.15, 0.2) is 30.1 Å². The Morgan fingerprint density at radius 2 is 1.95 bits per heavy atom. The van der Waals surface area contributed by atoms with E-state index in [4.69, 9.17) is 18.9 Å². The second-order valence-corrected chi connectivity index (χ2v) is 5.95. The van der Waals surface area contributed by atoms with E-state index in [1.54, 1.807) is 20.8 Å². The number of hydrogen-bond acceptors (Lipinski definition) is 5. The highest BCUT2D eigenvalue weighted by atomic mass is 16.8. The molecule has 0 amide bonds. The first-order valence-corrected chi connectivity index (χ1v) is 7.12. The second kappa shape index (κ2) is 5.18. The van der Waals surface area contributed by atoms with Crippen LogP contribution in [0.1, 0.15) is 26.3 Å². The number of carbonyl (C=O) groups excluding carboxylic acids is 1. The van der Waals surface area contributed by atoms with Crippen LogP contribution in [0.5, 0.6) is 0 Å². The van der Waals surface area contributed by atoms with Crippen LogP contribution in [0.4, 0.5) is 0 Å². The quantitative estimate of drug-likeness (QED) is 0.795. The van der Waals surface area contributed by atoms with Gasteiger partial charge in [0.25, 0.3) is 0 Å². The van der Waals surface area contributed by atoms with Crippen LogP contribution in [0.3, 0.4) is 0 Å². The van der Waals surface area contributed by atoms with Gasteiger partial charge in [-0.15, -0.1) is 0 Å². The van der Waals surface area contributed by atoms with Gasteiger partial charge in [-0.05, 0) is 26.3 Å². The van der Waals surface area contributed by atoms with Crippen molar-refractivity contribution in [2.24, 2.45) is 0 Å². The molecule has 2 heterocycles. The minimum Gasteiger partial charge on any atom is -0.357 e. The van der Waals surface area contributed by atoms with Crippen molar-refractivity contribution in [1.82, 2.24) is 0 Å². The maximum absolute atomic E-state index is 11.8. The van der Waals surface area contributed by atoms with Crippen LogP contribution < -0.4 is 0 Å². The molecule has 0 spiro atoms. The highest BCUT2D eigenvalue weighted by Gasteiger charge is 2.63. The highest BCUT2D eigenvalue weighted by molar-refractivity contribution is 5.66. The number of hydrogen-bond donors (Lipinski definition) is 0. The summed E-state index contributed by atoms with van der Waals surface area (Å²) in [5.41, 5.74) is -0.151. The van der Waals surface area contributed by atoms with E-state index < -0.39 is 29.9 Å². The SMILES string of the molecule is C[C@@H]1O[C@H]2OC(C)(C)O[C@H]2[C@]1(C=O)OCc1ccccc1. The molecule has 2 fully saturated rings. The van der Waals surface area contributed by atoms with E-state index in [1.807, 2.05) is 30.3 Å². The predicted molar refractivity (Wildman–Crippen MR) is 74.4 cm³/mol. The van der Waals surface area contributed by atoms with Crippen LogP contribution in [0, 0.1) is 0 Å². The van der Waals surface area contributed by atoms with Crippen molar-refractivity contribution < 1.29 is 23.7 Å². The lowest BCUT2D eigenvalue weighted by molar-refractivity contribution is -0.230. The Labute approximate surface area is 124 Å². The average Bonchev–Trinajstić information content (AvgIpc) is 2.88. The summed E-state index contributed by atoms with van der Waals surface area (Å²) in [5, 5.41) is 0. The van der Waals surface area contributed by atoms with Gasteiger partial charge in [-0.25, -0.2) is 0 Å². The highest BCUT2D eigenvalue weighted by Crippen LogP contribution is 2.44. The molecule has 0 unspecified atom stereocenters. The van der Waals surface area contributed by atoms with E-state index in [0.717, 1.165) is 11.8 Å². The Morgan fingerprint density at radius 3 is 2.62 bits per heavy atom. The lowest BCUT2D eigenvalue weighted by atomic mass is 9.94. The molecule has 4 atom stereocenters. The maximum Gasteiger partial charge on any atom is 0.191 e. The standard InChI is InChI=1S/C16H20O5/c1-11-16(10-17,18-9-12-7-5-4-6-8-12)13-14(19-11)21-15(2,3)20-13/h4-8,10-11,13-14H,9H2,1-3H3/t11-,13+,14-,16+/m0/s1. The zero-order valence-corrected chi connectivity index (χ0v) is 12.4. The molecule has 0 aliphatic carbocycles. The summed E-state index contributed by atoms with van der Waals surface area (Å²) in [6.45, 7) is 5.72. The summed E-state index contributed by atoms with van der Waals surface area (Å²) in [5.74, 6) is -0.778. The van der Waals surface area contributed by atoms with E-state index in [9.17, 15) is 4.79 Å². The summed E-state index contributed by atoms with van der Waals surface area (Å²) < 4.78 is 23.2. The third-order valence-electron chi connectivity index (χ3n) is 3.99. The number of aldehydes is 1. The molecule has 21 heavy (non-hydrogen) atoms. The zero-order chi connectivity index (χ0) is 15.1. The van der Waals surface area contributed by atoms with Crippen molar-refractivity contribution in [3.8, 4) is 0 Å². The lowest BCUT2D eigenvalue weighted by Gasteiger charge is -2.32. The summed E-state index contributed by atoms with van der Waals surface area (Å²) in [4.78, 5) is 11.8. The second-order valence-electron chi connectivity index (χ2n) is 5.95. The largest absolute Gasteiger partial charge is 0.357 e. The Morgan fingerprint density at radius 1 is 1.24 bits per heavy atom. The van der Waals surface area contributed by atoms with Crippen LogP contribution in [-0.2, 0) is 30.3 Å². The first-order valence-electron chi connectivity index (χ1n) is 7.12. The zero-order valence-electron chi connectivity index (χ0n) is 12.4. The summed E-state index contributed by atoms with van der Waals surface area (Å²) >= 11 is 0. The van der Waals surface area contributed by atoms with E-state index in [2.05, 4.69) is 0 Å². The van der Waals surface area contributed by atoms with Crippen LogP contribution >= 0.6 is 0 Å². The molecule has 5 heteroatoms. The average molecular weight is 292 g/mol. The molecule has 5 nitrogen and oxygen atoms in total. The fraction of sp³-hybridized carbons (Fsp3) is 0.562. The molecule has 0 aromatic heterocycles. The van der Waals surface area contributed by atoms with Crippen molar-refractivity contribution in [2.75, 3.05) is 0 Å². The smallest absolute Gasteiger partial charge is 0.191 e. The van der Waals surface area contributed by atoms with Crippen LogP contribution in [-0.4, -0.2) is 36.2 Å². The maximum atomic E-state index is 11.8.